The molecule has 4 rings (SSSR count). The summed E-state index contributed by atoms with van der Waals surface area (Å²) < 4.78 is 0. The van der Waals surface area contributed by atoms with E-state index in [9.17, 15) is 10.1 Å². The predicted molar refractivity (Wildman–Crippen MR) is 127 cm³/mol. The van der Waals surface area contributed by atoms with Crippen LogP contribution >= 0.6 is 0 Å². The van der Waals surface area contributed by atoms with Gasteiger partial charge in [0.1, 0.15) is 6.10 Å². The van der Waals surface area contributed by atoms with E-state index in [-0.39, 0.29) is 0 Å². The van der Waals surface area contributed by atoms with E-state index >= 15 is 0 Å². The maximum Gasteiger partial charge on any atom is 0.376 e. The van der Waals surface area contributed by atoms with Gasteiger partial charge in [-0.15, -0.1) is 0 Å². The molecule has 196 valence electrons. The maximum atomic E-state index is 11.5. The predicted octanol–water partition coefficient (Wildman–Crippen LogP) is 6.57. The third-order valence-corrected chi connectivity index (χ3v) is 11.4. The molecule has 0 saturated heterocycles. The first kappa shape index (κ1) is 26.3. The molecule has 0 aromatic heterocycles. The highest BCUT2D eigenvalue weighted by Gasteiger charge is 2.60. The van der Waals surface area contributed by atoms with Crippen molar-refractivity contribution in [3.05, 3.63) is 0 Å². The zero-order chi connectivity index (χ0) is 24.5. The molecule has 7 heteroatoms. The van der Waals surface area contributed by atoms with E-state index in [0.717, 1.165) is 30.1 Å². The number of fused-ring (bicyclic) bond motifs is 5. The summed E-state index contributed by atoms with van der Waals surface area (Å²) in [4.78, 5) is 23.6. The molecular weight excluding hydrogens is 436 g/mol. The van der Waals surface area contributed by atoms with Gasteiger partial charge in [-0.1, -0.05) is 46.5 Å². The Bertz CT molecular complexity index is 700. The van der Waals surface area contributed by atoms with Crippen molar-refractivity contribution < 1.29 is 35.2 Å². The third kappa shape index (κ3) is 4.56. The second-order valence-electron chi connectivity index (χ2n) is 12.6. The molecule has 34 heavy (non-hydrogen) atoms. The molecule has 7 nitrogen and oxygen atoms in total. The summed E-state index contributed by atoms with van der Waals surface area (Å²) >= 11 is 0. The molecule has 3 unspecified atom stereocenters. The van der Waals surface area contributed by atoms with Crippen LogP contribution in [0.1, 0.15) is 104 Å². The van der Waals surface area contributed by atoms with Crippen molar-refractivity contribution in [3.8, 4) is 0 Å². The lowest BCUT2D eigenvalue weighted by Crippen LogP contribution is -2.53. The van der Waals surface area contributed by atoms with Crippen molar-refractivity contribution >= 4 is 5.97 Å². The van der Waals surface area contributed by atoms with Crippen LogP contribution in [0.25, 0.3) is 0 Å². The summed E-state index contributed by atoms with van der Waals surface area (Å²) in [5, 5.41) is 26.7. The van der Waals surface area contributed by atoms with Crippen LogP contribution in [0.15, 0.2) is 0 Å². The first-order chi connectivity index (χ1) is 16.3. The Labute approximate surface area is 204 Å². The van der Waals surface area contributed by atoms with Gasteiger partial charge < -0.3 is 0 Å². The second-order valence-corrected chi connectivity index (χ2v) is 12.6. The quantitative estimate of drug-likeness (QED) is 0.252. The molecule has 0 amide bonds. The number of carbonyl (C=O) groups is 1. The average Bonchev–Trinajstić information content (AvgIpc) is 3.20. The fourth-order valence-corrected chi connectivity index (χ4v) is 9.69. The molecule has 3 N–H and O–H groups in total. The Morgan fingerprint density at radius 1 is 0.882 bits per heavy atom. The van der Waals surface area contributed by atoms with Crippen LogP contribution in [0.2, 0.25) is 0 Å². The SMILES string of the molecule is C[C@H](CCCC(OO)C(OO)C(=O)OO)[C@H]1CC[C@H]2[C@@H]3CCC4CCCC[C@]4(C)[C@H]3CC[C@]12C. The molecule has 4 aliphatic carbocycles. The van der Waals surface area contributed by atoms with Gasteiger partial charge in [-0.3, -0.25) is 15.4 Å². The number of hydrogen-bond donors (Lipinski definition) is 3. The second kappa shape index (κ2) is 10.7. The van der Waals surface area contributed by atoms with E-state index < -0.39 is 18.2 Å². The van der Waals surface area contributed by atoms with E-state index in [1.54, 1.807) is 0 Å². The Kier molecular flexibility index (Phi) is 8.30. The smallest absolute Gasteiger partial charge is 0.298 e. The zero-order valence-corrected chi connectivity index (χ0v) is 21.3. The molecule has 0 heterocycles. The molecule has 0 aromatic rings. The zero-order valence-electron chi connectivity index (χ0n) is 21.3. The van der Waals surface area contributed by atoms with Gasteiger partial charge in [0.05, 0.1) is 0 Å². The van der Waals surface area contributed by atoms with Gasteiger partial charge in [-0.25, -0.2) is 14.6 Å². The van der Waals surface area contributed by atoms with Crippen molar-refractivity contribution in [2.24, 2.45) is 46.3 Å². The Morgan fingerprint density at radius 3 is 2.35 bits per heavy atom. The van der Waals surface area contributed by atoms with Gasteiger partial charge in [-0.05, 0) is 104 Å². The average molecular weight is 483 g/mol. The molecule has 0 aliphatic heterocycles. The topological polar surface area (TPSA) is 105 Å². The number of carbonyl (C=O) groups excluding carboxylic acids is 1. The lowest BCUT2D eigenvalue weighted by Gasteiger charge is -2.61. The van der Waals surface area contributed by atoms with Gasteiger partial charge in [-0.2, -0.15) is 5.26 Å². The molecule has 4 saturated carbocycles. The van der Waals surface area contributed by atoms with Gasteiger partial charge in [0, 0.05) is 0 Å². The minimum atomic E-state index is -1.58. The molecule has 0 radical (unpaired) electrons. The molecule has 4 aliphatic rings. The highest BCUT2D eigenvalue weighted by atomic mass is 17.2. The normalized spacial score (nSPS) is 42.1. The van der Waals surface area contributed by atoms with E-state index in [1.165, 1.54) is 64.2 Å². The van der Waals surface area contributed by atoms with E-state index in [2.05, 4.69) is 35.4 Å². The van der Waals surface area contributed by atoms with Crippen LogP contribution in [-0.4, -0.2) is 33.9 Å². The van der Waals surface area contributed by atoms with E-state index in [1.807, 2.05) is 0 Å². The van der Waals surface area contributed by atoms with Crippen molar-refractivity contribution in [3.63, 3.8) is 0 Å². The third-order valence-electron chi connectivity index (χ3n) is 11.4. The number of rotatable bonds is 9. The molecule has 10 atom stereocenters. The first-order valence-corrected chi connectivity index (χ1v) is 13.8. The molecule has 0 aromatic carbocycles. The number of hydrogen-bond acceptors (Lipinski definition) is 7. The molecule has 0 spiro atoms. The summed E-state index contributed by atoms with van der Waals surface area (Å²) in [5.41, 5.74) is 0.981. The minimum absolute atomic E-state index is 0.318. The van der Waals surface area contributed by atoms with Gasteiger partial charge in [0.15, 0.2) is 0 Å². The first-order valence-electron chi connectivity index (χ1n) is 13.8. The maximum absolute atomic E-state index is 11.5. The van der Waals surface area contributed by atoms with Crippen molar-refractivity contribution in [2.75, 3.05) is 0 Å². The summed E-state index contributed by atoms with van der Waals surface area (Å²) in [6.07, 6.45) is 13.4. The van der Waals surface area contributed by atoms with Crippen molar-refractivity contribution in [2.45, 2.75) is 116 Å². The summed E-state index contributed by atoms with van der Waals surface area (Å²) in [5.74, 6) is 3.65. The lowest BCUT2D eigenvalue weighted by atomic mass is 9.44. The highest BCUT2D eigenvalue weighted by molar-refractivity contribution is 5.74. The molecule has 0 bridgehead atoms. The largest absolute Gasteiger partial charge is 0.376 e. The Morgan fingerprint density at radius 2 is 1.65 bits per heavy atom. The standard InChI is InChI=1S/C27H46O7/c1-17(7-6-9-23(32-29)24(33-30)25(28)34-31)20-12-13-21-19-11-10-18-8-4-5-15-26(18,2)22(19)14-16-27(20,21)3/h17-24,29-31H,4-16H2,1-3H3/t17-,18?,19+,20-,21+,22+,23?,24?,26+,27-/m1/s1. The van der Waals surface area contributed by atoms with E-state index in [4.69, 9.17) is 10.5 Å². The minimum Gasteiger partial charge on any atom is -0.298 e. The summed E-state index contributed by atoms with van der Waals surface area (Å²) in [6.45, 7) is 7.56. The van der Waals surface area contributed by atoms with Crippen LogP contribution < -0.4 is 0 Å². The van der Waals surface area contributed by atoms with Crippen LogP contribution in [0, 0.1) is 46.3 Å². The molecule has 4 fully saturated rings. The fraction of sp³-hybridized carbons (Fsp3) is 0.963. The lowest BCUT2D eigenvalue weighted by molar-refractivity contribution is -0.359. The van der Waals surface area contributed by atoms with Gasteiger partial charge >= 0.3 is 5.97 Å². The van der Waals surface area contributed by atoms with Crippen molar-refractivity contribution in [1.29, 1.82) is 0 Å². The Hall–Kier alpha value is -0.730. The Balaban J connectivity index is 1.36. The van der Waals surface area contributed by atoms with Crippen LogP contribution in [0.4, 0.5) is 0 Å². The van der Waals surface area contributed by atoms with Crippen LogP contribution in [0.5, 0.6) is 0 Å². The highest BCUT2D eigenvalue weighted by Crippen LogP contribution is 2.68. The van der Waals surface area contributed by atoms with Gasteiger partial charge in [0.25, 0.3) is 0 Å². The van der Waals surface area contributed by atoms with Gasteiger partial charge in [0.2, 0.25) is 6.10 Å². The fourth-order valence-electron chi connectivity index (χ4n) is 9.69. The van der Waals surface area contributed by atoms with Crippen LogP contribution in [-0.2, 0) is 19.5 Å². The summed E-state index contributed by atoms with van der Waals surface area (Å²) in [6, 6.07) is 0. The van der Waals surface area contributed by atoms with E-state index in [0.29, 0.717) is 35.5 Å². The van der Waals surface area contributed by atoms with Crippen molar-refractivity contribution in [1.82, 2.24) is 0 Å². The van der Waals surface area contributed by atoms with Crippen LogP contribution in [0.3, 0.4) is 0 Å². The summed E-state index contributed by atoms with van der Waals surface area (Å²) in [7, 11) is 0. The monoisotopic (exact) mass is 482 g/mol. The molecular formula is C27H46O7.